The van der Waals surface area contributed by atoms with Crippen LogP contribution in [0.3, 0.4) is 0 Å². The standard InChI is InChI=1S/C16H19NO2/c1-12(2)19-16-9-8-14(10-15(16)17)18-11-13-6-4-3-5-7-13/h3-10,12H,11,17H2,1-2H3. The predicted molar refractivity (Wildman–Crippen MR) is 77.4 cm³/mol. The zero-order chi connectivity index (χ0) is 13.7. The van der Waals surface area contributed by atoms with Gasteiger partial charge in [-0.15, -0.1) is 0 Å². The third kappa shape index (κ3) is 3.91. The number of nitrogen functional groups attached to an aromatic ring is 1. The van der Waals surface area contributed by atoms with Crippen LogP contribution in [-0.2, 0) is 6.61 Å². The number of benzene rings is 2. The highest BCUT2D eigenvalue weighted by molar-refractivity contribution is 5.56. The summed E-state index contributed by atoms with van der Waals surface area (Å²) in [6.07, 6.45) is 0.110. The second-order valence-electron chi connectivity index (χ2n) is 4.64. The molecule has 0 saturated heterocycles. The number of hydrogen-bond donors (Lipinski definition) is 1. The van der Waals surface area contributed by atoms with Crippen molar-refractivity contribution in [2.75, 3.05) is 5.73 Å². The van der Waals surface area contributed by atoms with Gasteiger partial charge in [0.25, 0.3) is 0 Å². The highest BCUT2D eigenvalue weighted by atomic mass is 16.5. The quantitative estimate of drug-likeness (QED) is 0.832. The molecular weight excluding hydrogens is 238 g/mol. The van der Waals surface area contributed by atoms with Crippen molar-refractivity contribution in [2.45, 2.75) is 26.6 Å². The first-order chi connectivity index (χ1) is 9.15. The fourth-order valence-corrected chi connectivity index (χ4v) is 1.72. The summed E-state index contributed by atoms with van der Waals surface area (Å²) in [7, 11) is 0. The molecule has 0 aliphatic rings. The molecule has 19 heavy (non-hydrogen) atoms. The van der Waals surface area contributed by atoms with Gasteiger partial charge in [-0.1, -0.05) is 30.3 Å². The van der Waals surface area contributed by atoms with Crippen molar-refractivity contribution in [1.29, 1.82) is 0 Å². The highest BCUT2D eigenvalue weighted by Crippen LogP contribution is 2.27. The molecule has 0 heterocycles. The van der Waals surface area contributed by atoms with Gasteiger partial charge in [0.15, 0.2) is 0 Å². The van der Waals surface area contributed by atoms with E-state index < -0.39 is 0 Å². The molecule has 3 heteroatoms. The molecule has 3 nitrogen and oxygen atoms in total. The summed E-state index contributed by atoms with van der Waals surface area (Å²) in [5.41, 5.74) is 7.66. The van der Waals surface area contributed by atoms with E-state index >= 15 is 0 Å². The van der Waals surface area contributed by atoms with Crippen LogP contribution in [0.25, 0.3) is 0 Å². The number of anilines is 1. The van der Waals surface area contributed by atoms with Crippen molar-refractivity contribution in [3.8, 4) is 11.5 Å². The van der Waals surface area contributed by atoms with Crippen LogP contribution in [0.4, 0.5) is 5.69 Å². The molecule has 0 fully saturated rings. The van der Waals surface area contributed by atoms with Crippen molar-refractivity contribution in [1.82, 2.24) is 0 Å². The van der Waals surface area contributed by atoms with Crippen molar-refractivity contribution < 1.29 is 9.47 Å². The van der Waals surface area contributed by atoms with E-state index in [2.05, 4.69) is 0 Å². The van der Waals surface area contributed by atoms with Gasteiger partial charge in [-0.25, -0.2) is 0 Å². The Labute approximate surface area is 114 Å². The highest BCUT2D eigenvalue weighted by Gasteiger charge is 2.05. The van der Waals surface area contributed by atoms with E-state index in [1.807, 2.05) is 56.3 Å². The molecule has 2 rings (SSSR count). The number of ether oxygens (including phenoxy) is 2. The van der Waals surface area contributed by atoms with Crippen molar-refractivity contribution in [2.24, 2.45) is 0 Å². The van der Waals surface area contributed by atoms with E-state index in [4.69, 9.17) is 15.2 Å². The summed E-state index contributed by atoms with van der Waals surface area (Å²) in [6.45, 7) is 4.48. The monoisotopic (exact) mass is 257 g/mol. The molecule has 2 N–H and O–H groups in total. The van der Waals surface area contributed by atoms with Crippen LogP contribution >= 0.6 is 0 Å². The summed E-state index contributed by atoms with van der Waals surface area (Å²) < 4.78 is 11.3. The summed E-state index contributed by atoms with van der Waals surface area (Å²) in [4.78, 5) is 0. The number of rotatable bonds is 5. The first kappa shape index (κ1) is 13.3. The lowest BCUT2D eigenvalue weighted by molar-refractivity contribution is 0.243. The minimum atomic E-state index is 0.110. The summed E-state index contributed by atoms with van der Waals surface area (Å²) in [5.74, 6) is 1.44. The maximum Gasteiger partial charge on any atom is 0.142 e. The third-order valence-corrected chi connectivity index (χ3v) is 2.59. The summed E-state index contributed by atoms with van der Waals surface area (Å²) in [5, 5.41) is 0. The van der Waals surface area contributed by atoms with Gasteiger partial charge in [0.2, 0.25) is 0 Å². The molecule has 0 aliphatic heterocycles. The molecule has 100 valence electrons. The van der Waals surface area contributed by atoms with Gasteiger partial charge in [-0.2, -0.15) is 0 Å². The summed E-state index contributed by atoms with van der Waals surface area (Å²) >= 11 is 0. The topological polar surface area (TPSA) is 44.5 Å². The fourth-order valence-electron chi connectivity index (χ4n) is 1.72. The molecule has 0 unspecified atom stereocenters. The van der Waals surface area contributed by atoms with Gasteiger partial charge >= 0.3 is 0 Å². The van der Waals surface area contributed by atoms with Gasteiger partial charge in [-0.3, -0.25) is 0 Å². The van der Waals surface area contributed by atoms with Crippen LogP contribution in [0.2, 0.25) is 0 Å². The summed E-state index contributed by atoms with van der Waals surface area (Å²) in [6, 6.07) is 15.5. The van der Waals surface area contributed by atoms with Gasteiger partial charge in [-0.05, 0) is 31.5 Å². The Balaban J connectivity index is 2.00. The maximum atomic E-state index is 5.93. The lowest BCUT2D eigenvalue weighted by Crippen LogP contribution is -2.07. The predicted octanol–water partition coefficient (Wildman–Crippen LogP) is 3.64. The van der Waals surface area contributed by atoms with Gasteiger partial charge in [0.1, 0.15) is 18.1 Å². The second kappa shape index (κ2) is 6.14. The average molecular weight is 257 g/mol. The lowest BCUT2D eigenvalue weighted by Gasteiger charge is -2.13. The normalized spacial score (nSPS) is 10.5. The van der Waals surface area contributed by atoms with E-state index in [1.165, 1.54) is 0 Å². The Bertz CT molecular complexity index is 524. The third-order valence-electron chi connectivity index (χ3n) is 2.59. The molecule has 0 amide bonds. The van der Waals surface area contributed by atoms with E-state index in [1.54, 1.807) is 6.07 Å². The maximum absolute atomic E-state index is 5.93. The van der Waals surface area contributed by atoms with Gasteiger partial charge in [0, 0.05) is 6.07 Å². The number of nitrogens with two attached hydrogens (primary N) is 1. The molecular formula is C16H19NO2. The Kier molecular flexibility index (Phi) is 4.29. The molecule has 0 atom stereocenters. The fraction of sp³-hybridized carbons (Fsp3) is 0.250. The molecule has 0 aromatic heterocycles. The largest absolute Gasteiger partial charge is 0.489 e. The van der Waals surface area contributed by atoms with E-state index in [0.29, 0.717) is 18.0 Å². The van der Waals surface area contributed by atoms with Crippen LogP contribution in [-0.4, -0.2) is 6.10 Å². The Hall–Kier alpha value is -2.16. The SMILES string of the molecule is CC(C)Oc1ccc(OCc2ccccc2)cc1N. The van der Waals surface area contributed by atoms with E-state index in [9.17, 15) is 0 Å². The molecule has 0 spiro atoms. The van der Waals surface area contributed by atoms with Crippen LogP contribution in [0.1, 0.15) is 19.4 Å². The minimum Gasteiger partial charge on any atom is -0.489 e. The molecule has 0 radical (unpaired) electrons. The first-order valence-corrected chi connectivity index (χ1v) is 6.38. The Morgan fingerprint density at radius 1 is 1.05 bits per heavy atom. The zero-order valence-electron chi connectivity index (χ0n) is 11.3. The second-order valence-corrected chi connectivity index (χ2v) is 4.64. The smallest absolute Gasteiger partial charge is 0.142 e. The van der Waals surface area contributed by atoms with Gasteiger partial charge in [0.05, 0.1) is 11.8 Å². The van der Waals surface area contributed by atoms with Crippen LogP contribution < -0.4 is 15.2 Å². The van der Waals surface area contributed by atoms with Crippen molar-refractivity contribution in [3.05, 3.63) is 54.1 Å². The Morgan fingerprint density at radius 3 is 2.42 bits per heavy atom. The molecule has 0 bridgehead atoms. The van der Waals surface area contributed by atoms with Crippen molar-refractivity contribution in [3.63, 3.8) is 0 Å². The van der Waals surface area contributed by atoms with E-state index in [0.717, 1.165) is 11.3 Å². The average Bonchev–Trinajstić information content (AvgIpc) is 2.40. The molecule has 2 aromatic rings. The Morgan fingerprint density at radius 2 is 1.79 bits per heavy atom. The van der Waals surface area contributed by atoms with Crippen LogP contribution in [0.15, 0.2) is 48.5 Å². The first-order valence-electron chi connectivity index (χ1n) is 6.38. The zero-order valence-corrected chi connectivity index (χ0v) is 11.3. The minimum absolute atomic E-state index is 0.110. The van der Waals surface area contributed by atoms with Gasteiger partial charge < -0.3 is 15.2 Å². The molecule has 0 saturated carbocycles. The number of hydrogen-bond acceptors (Lipinski definition) is 3. The lowest BCUT2D eigenvalue weighted by atomic mass is 10.2. The molecule has 2 aromatic carbocycles. The molecule has 0 aliphatic carbocycles. The van der Waals surface area contributed by atoms with Crippen LogP contribution in [0, 0.1) is 0 Å². The van der Waals surface area contributed by atoms with Crippen molar-refractivity contribution >= 4 is 5.69 Å². The van der Waals surface area contributed by atoms with Crippen LogP contribution in [0.5, 0.6) is 11.5 Å². The van der Waals surface area contributed by atoms with E-state index in [-0.39, 0.29) is 6.10 Å².